The minimum Gasteiger partial charge on any atom is -0.332 e. The standard InChI is InChI=1S/C27H33Cl2NO/c1-5-16-27(8-4)18-24(20-10-9-11-22(29)17-20)25(19-12-14-21(28)15-13-19)30(26(27)31)23(6-2)7-3/h5,9-15,17,23-25H,1,6-8,16,18H2,2-4H3. The van der Waals surface area contributed by atoms with E-state index in [-0.39, 0.29) is 23.9 Å². The maximum absolute atomic E-state index is 14.1. The number of amides is 1. The van der Waals surface area contributed by atoms with Crippen molar-refractivity contribution in [3.8, 4) is 0 Å². The highest BCUT2D eigenvalue weighted by Gasteiger charge is 2.51. The second-order valence-corrected chi connectivity index (χ2v) is 9.54. The summed E-state index contributed by atoms with van der Waals surface area (Å²) in [5.41, 5.74) is 1.86. The molecule has 0 saturated carbocycles. The number of carbonyl (C=O) groups is 1. The van der Waals surface area contributed by atoms with Gasteiger partial charge in [-0.25, -0.2) is 0 Å². The number of allylic oxidation sites excluding steroid dienone is 1. The minimum absolute atomic E-state index is 0.0578. The Bertz CT molecular complexity index is 906. The van der Waals surface area contributed by atoms with Crippen LogP contribution in [0.4, 0.5) is 0 Å². The first-order valence-corrected chi connectivity index (χ1v) is 12.1. The molecule has 2 aromatic rings. The van der Waals surface area contributed by atoms with Crippen LogP contribution in [-0.2, 0) is 4.79 Å². The van der Waals surface area contributed by atoms with Gasteiger partial charge in [-0.1, -0.05) is 74.3 Å². The van der Waals surface area contributed by atoms with Gasteiger partial charge >= 0.3 is 0 Å². The number of hydrogen-bond acceptors (Lipinski definition) is 1. The number of piperidine rings is 1. The Morgan fingerprint density at radius 1 is 1.06 bits per heavy atom. The minimum atomic E-state index is -0.444. The van der Waals surface area contributed by atoms with Crippen molar-refractivity contribution in [1.29, 1.82) is 0 Å². The zero-order chi connectivity index (χ0) is 22.6. The summed E-state index contributed by atoms with van der Waals surface area (Å²) in [7, 11) is 0. The van der Waals surface area contributed by atoms with Gasteiger partial charge in [0, 0.05) is 22.0 Å². The molecular formula is C27H33Cl2NO. The molecule has 31 heavy (non-hydrogen) atoms. The van der Waals surface area contributed by atoms with Crippen LogP contribution < -0.4 is 0 Å². The van der Waals surface area contributed by atoms with Gasteiger partial charge < -0.3 is 4.90 Å². The number of benzene rings is 2. The van der Waals surface area contributed by atoms with Crippen LogP contribution in [-0.4, -0.2) is 16.8 Å². The van der Waals surface area contributed by atoms with Crippen LogP contribution in [0, 0.1) is 5.41 Å². The Morgan fingerprint density at radius 3 is 2.29 bits per heavy atom. The molecule has 0 spiro atoms. The third kappa shape index (κ3) is 4.71. The van der Waals surface area contributed by atoms with Gasteiger partial charge in [-0.15, -0.1) is 6.58 Å². The molecule has 0 bridgehead atoms. The number of carbonyl (C=O) groups excluding carboxylic acids is 1. The SMILES string of the molecule is C=CCC1(CC)CC(c2cccc(Cl)c2)C(c2ccc(Cl)cc2)N(C(CC)CC)C1=O. The smallest absolute Gasteiger partial charge is 0.229 e. The molecule has 1 saturated heterocycles. The van der Waals surface area contributed by atoms with Gasteiger partial charge in [0.05, 0.1) is 11.5 Å². The molecule has 166 valence electrons. The van der Waals surface area contributed by atoms with Crippen molar-refractivity contribution in [1.82, 2.24) is 4.90 Å². The van der Waals surface area contributed by atoms with Crippen LogP contribution in [0.5, 0.6) is 0 Å². The van der Waals surface area contributed by atoms with Gasteiger partial charge in [0.15, 0.2) is 0 Å². The van der Waals surface area contributed by atoms with Gasteiger partial charge in [-0.2, -0.15) is 0 Å². The van der Waals surface area contributed by atoms with Crippen molar-refractivity contribution in [3.05, 3.63) is 82.4 Å². The average Bonchev–Trinajstić information content (AvgIpc) is 2.77. The molecule has 0 aliphatic carbocycles. The second kappa shape index (κ2) is 10.2. The molecule has 2 nitrogen and oxygen atoms in total. The van der Waals surface area contributed by atoms with E-state index in [4.69, 9.17) is 23.2 Å². The quantitative estimate of drug-likeness (QED) is 0.365. The van der Waals surface area contributed by atoms with E-state index in [2.05, 4.69) is 56.5 Å². The summed E-state index contributed by atoms with van der Waals surface area (Å²) in [6, 6.07) is 16.2. The Morgan fingerprint density at radius 2 is 1.74 bits per heavy atom. The lowest BCUT2D eigenvalue weighted by Gasteiger charge is -2.53. The second-order valence-electron chi connectivity index (χ2n) is 8.67. The molecule has 3 atom stereocenters. The maximum atomic E-state index is 14.1. The highest BCUT2D eigenvalue weighted by Crippen LogP contribution is 2.53. The fourth-order valence-electron chi connectivity index (χ4n) is 5.27. The molecule has 1 aliphatic heterocycles. The fourth-order valence-corrected chi connectivity index (χ4v) is 5.59. The van der Waals surface area contributed by atoms with Crippen LogP contribution in [0.1, 0.15) is 76.0 Å². The zero-order valence-corrected chi connectivity index (χ0v) is 20.3. The molecule has 3 rings (SSSR count). The predicted octanol–water partition coefficient (Wildman–Crippen LogP) is 8.21. The predicted molar refractivity (Wildman–Crippen MR) is 132 cm³/mol. The lowest BCUT2D eigenvalue weighted by molar-refractivity contribution is -0.156. The first-order chi connectivity index (χ1) is 14.9. The third-order valence-electron chi connectivity index (χ3n) is 7.02. The average molecular weight is 458 g/mol. The van der Waals surface area contributed by atoms with Gasteiger partial charge in [-0.05, 0) is 67.5 Å². The van der Waals surface area contributed by atoms with Crippen LogP contribution in [0.25, 0.3) is 0 Å². The number of rotatable bonds is 8. The molecule has 1 aliphatic rings. The summed E-state index contributed by atoms with van der Waals surface area (Å²) < 4.78 is 0. The molecule has 2 aromatic carbocycles. The van der Waals surface area contributed by atoms with E-state index in [0.717, 1.165) is 36.3 Å². The van der Waals surface area contributed by atoms with E-state index in [9.17, 15) is 4.79 Å². The number of hydrogen-bond donors (Lipinski definition) is 0. The van der Waals surface area contributed by atoms with Crippen molar-refractivity contribution in [3.63, 3.8) is 0 Å². The van der Waals surface area contributed by atoms with Crippen LogP contribution in [0.2, 0.25) is 10.0 Å². The normalized spacial score (nSPS) is 23.9. The van der Waals surface area contributed by atoms with E-state index in [1.165, 1.54) is 5.56 Å². The van der Waals surface area contributed by atoms with Gasteiger partial charge in [0.1, 0.15) is 0 Å². The summed E-state index contributed by atoms with van der Waals surface area (Å²) in [6.07, 6.45) is 6.00. The fraction of sp³-hybridized carbons (Fsp3) is 0.444. The van der Waals surface area contributed by atoms with Gasteiger partial charge in [-0.3, -0.25) is 4.79 Å². The largest absolute Gasteiger partial charge is 0.332 e. The van der Waals surface area contributed by atoms with Gasteiger partial charge in [0.25, 0.3) is 0 Å². The lowest BCUT2D eigenvalue weighted by Crippen LogP contribution is -2.56. The van der Waals surface area contributed by atoms with Crippen LogP contribution in [0.15, 0.2) is 61.2 Å². The van der Waals surface area contributed by atoms with Crippen molar-refractivity contribution in [2.24, 2.45) is 5.41 Å². The molecule has 0 aromatic heterocycles. The first kappa shape index (κ1) is 23.9. The summed E-state index contributed by atoms with van der Waals surface area (Å²) in [5.74, 6) is 0.389. The Labute approximate surface area is 197 Å². The van der Waals surface area contributed by atoms with E-state index in [0.29, 0.717) is 11.4 Å². The monoisotopic (exact) mass is 457 g/mol. The molecule has 1 amide bonds. The lowest BCUT2D eigenvalue weighted by atomic mass is 9.65. The van der Waals surface area contributed by atoms with E-state index < -0.39 is 5.41 Å². The van der Waals surface area contributed by atoms with Crippen LogP contribution >= 0.6 is 23.2 Å². The Hall–Kier alpha value is -1.77. The molecule has 4 heteroatoms. The van der Waals surface area contributed by atoms with E-state index in [1.807, 2.05) is 30.3 Å². The Kier molecular flexibility index (Phi) is 7.88. The Balaban J connectivity index is 2.24. The zero-order valence-electron chi connectivity index (χ0n) is 18.8. The third-order valence-corrected chi connectivity index (χ3v) is 7.50. The topological polar surface area (TPSA) is 20.3 Å². The van der Waals surface area contributed by atoms with E-state index in [1.54, 1.807) is 0 Å². The highest BCUT2D eigenvalue weighted by molar-refractivity contribution is 6.30. The highest BCUT2D eigenvalue weighted by atomic mass is 35.5. The van der Waals surface area contributed by atoms with E-state index >= 15 is 0 Å². The van der Waals surface area contributed by atoms with Crippen molar-refractivity contribution < 1.29 is 4.79 Å². The number of halogens is 2. The molecule has 3 unspecified atom stereocenters. The van der Waals surface area contributed by atoms with Gasteiger partial charge in [0.2, 0.25) is 5.91 Å². The number of likely N-dealkylation sites (tertiary alicyclic amines) is 1. The first-order valence-electron chi connectivity index (χ1n) is 11.3. The summed E-state index contributed by atoms with van der Waals surface area (Å²) in [4.78, 5) is 16.3. The molecule has 0 radical (unpaired) electrons. The summed E-state index contributed by atoms with van der Waals surface area (Å²) in [5, 5.41) is 1.43. The van der Waals surface area contributed by atoms with Crippen molar-refractivity contribution in [2.75, 3.05) is 0 Å². The van der Waals surface area contributed by atoms with Crippen molar-refractivity contribution >= 4 is 29.1 Å². The molecule has 0 N–H and O–H groups in total. The molecule has 1 heterocycles. The molecule has 1 fully saturated rings. The number of nitrogens with zero attached hydrogens (tertiary/aromatic N) is 1. The maximum Gasteiger partial charge on any atom is 0.229 e. The van der Waals surface area contributed by atoms with Crippen LogP contribution in [0.3, 0.4) is 0 Å². The molecular weight excluding hydrogens is 425 g/mol. The van der Waals surface area contributed by atoms with Crippen molar-refractivity contribution in [2.45, 2.75) is 70.9 Å². The summed E-state index contributed by atoms with van der Waals surface area (Å²) >= 11 is 12.6. The summed E-state index contributed by atoms with van der Waals surface area (Å²) in [6.45, 7) is 10.5.